The number of carbonyl (C=O) groups excluding carboxylic acids is 1. The van der Waals surface area contributed by atoms with E-state index >= 15 is 0 Å². The van der Waals surface area contributed by atoms with E-state index in [1.54, 1.807) is 48.5 Å². The number of aliphatic carboxylic acids is 1. The Kier molecular flexibility index (Phi) is 14.2. The molecular formula is C30H42O7. The number of carboxylic acid groups (broad SMARTS) is 1. The summed E-state index contributed by atoms with van der Waals surface area (Å²) in [4.78, 5) is 24.1. The van der Waals surface area contributed by atoms with Crippen LogP contribution in [-0.2, 0) is 27.2 Å². The van der Waals surface area contributed by atoms with Crippen LogP contribution in [0.25, 0.3) is 0 Å². The van der Waals surface area contributed by atoms with Crippen molar-refractivity contribution in [3.05, 3.63) is 59.7 Å². The average molecular weight is 515 g/mol. The predicted molar refractivity (Wildman–Crippen MR) is 143 cm³/mol. The van der Waals surface area contributed by atoms with Gasteiger partial charge >= 0.3 is 11.9 Å². The fraction of sp³-hybridized carbons (Fsp3) is 0.533. The Hall–Kier alpha value is -3.06. The second kappa shape index (κ2) is 17.4. The van der Waals surface area contributed by atoms with Crippen molar-refractivity contribution in [2.45, 2.75) is 90.3 Å². The second-order valence-corrected chi connectivity index (χ2v) is 9.29. The molecule has 0 bridgehead atoms. The van der Waals surface area contributed by atoms with E-state index < -0.39 is 24.1 Å². The van der Waals surface area contributed by atoms with Gasteiger partial charge in [0, 0.05) is 12.8 Å². The molecule has 2 aromatic carbocycles. The van der Waals surface area contributed by atoms with Crippen LogP contribution in [0.15, 0.2) is 48.5 Å². The molecule has 0 heterocycles. The summed E-state index contributed by atoms with van der Waals surface area (Å²) < 4.78 is 16.6. The first-order valence-corrected chi connectivity index (χ1v) is 13.5. The molecule has 0 aliphatic carbocycles. The van der Waals surface area contributed by atoms with Gasteiger partial charge < -0.3 is 24.4 Å². The highest BCUT2D eigenvalue weighted by molar-refractivity contribution is 5.80. The molecule has 0 aromatic heterocycles. The average Bonchev–Trinajstić information content (AvgIpc) is 2.89. The van der Waals surface area contributed by atoms with E-state index in [-0.39, 0.29) is 12.8 Å². The van der Waals surface area contributed by atoms with Crippen LogP contribution in [0.2, 0.25) is 0 Å². The van der Waals surface area contributed by atoms with Gasteiger partial charge in [-0.25, -0.2) is 9.59 Å². The normalized spacial score (nSPS) is 12.5. The molecule has 0 aliphatic rings. The Balaban J connectivity index is 1.80. The molecule has 0 radical (unpaired) electrons. The minimum atomic E-state index is -1.47. The third-order valence-corrected chi connectivity index (χ3v) is 6.04. The van der Waals surface area contributed by atoms with Gasteiger partial charge in [0.1, 0.15) is 11.5 Å². The van der Waals surface area contributed by atoms with Crippen molar-refractivity contribution in [3.63, 3.8) is 0 Å². The van der Waals surface area contributed by atoms with Crippen molar-refractivity contribution in [1.82, 2.24) is 0 Å². The van der Waals surface area contributed by atoms with E-state index in [0.29, 0.717) is 24.5 Å². The van der Waals surface area contributed by atoms with Crippen LogP contribution >= 0.6 is 0 Å². The SMILES string of the molecule is CCCCCCOc1ccc(CC(O)C(=O)OC(Cc2ccc(OCCCCCC)cc2)C(=O)O)cc1. The number of rotatable bonds is 19. The van der Waals surface area contributed by atoms with Crippen LogP contribution in [0.3, 0.4) is 0 Å². The Morgan fingerprint density at radius 2 is 1.16 bits per heavy atom. The molecule has 0 amide bonds. The number of unbranched alkanes of at least 4 members (excludes halogenated alkanes) is 6. The molecule has 2 aromatic rings. The van der Waals surface area contributed by atoms with E-state index in [4.69, 9.17) is 14.2 Å². The van der Waals surface area contributed by atoms with Crippen LogP contribution in [0.4, 0.5) is 0 Å². The zero-order chi connectivity index (χ0) is 26.9. The zero-order valence-electron chi connectivity index (χ0n) is 22.2. The zero-order valence-corrected chi connectivity index (χ0v) is 22.2. The second-order valence-electron chi connectivity index (χ2n) is 9.29. The molecule has 0 aliphatic heterocycles. The predicted octanol–water partition coefficient (Wildman–Crippen LogP) is 5.75. The largest absolute Gasteiger partial charge is 0.494 e. The molecule has 2 N–H and O–H groups in total. The third-order valence-electron chi connectivity index (χ3n) is 6.04. The van der Waals surface area contributed by atoms with Crippen LogP contribution in [0.1, 0.15) is 76.3 Å². The summed E-state index contributed by atoms with van der Waals surface area (Å²) in [6, 6.07) is 14.2. The Morgan fingerprint density at radius 3 is 1.59 bits per heavy atom. The molecule has 0 saturated carbocycles. The van der Waals surface area contributed by atoms with Crippen molar-refractivity contribution in [3.8, 4) is 11.5 Å². The molecule has 2 rings (SSSR count). The topological polar surface area (TPSA) is 102 Å². The minimum Gasteiger partial charge on any atom is -0.494 e. The molecule has 204 valence electrons. The number of carbonyl (C=O) groups is 2. The summed E-state index contributed by atoms with van der Waals surface area (Å²) in [5, 5.41) is 19.9. The maximum absolute atomic E-state index is 12.4. The number of hydrogen-bond donors (Lipinski definition) is 2. The number of aliphatic hydroxyl groups is 1. The first-order chi connectivity index (χ1) is 17.9. The Bertz CT molecular complexity index is 909. The van der Waals surface area contributed by atoms with E-state index in [0.717, 1.165) is 37.0 Å². The summed E-state index contributed by atoms with van der Waals surface area (Å²) in [5.41, 5.74) is 1.42. The van der Waals surface area contributed by atoms with Gasteiger partial charge in [0.05, 0.1) is 13.2 Å². The van der Waals surface area contributed by atoms with Gasteiger partial charge in [0.2, 0.25) is 6.10 Å². The first-order valence-electron chi connectivity index (χ1n) is 13.5. The number of hydrogen-bond acceptors (Lipinski definition) is 6. The quantitative estimate of drug-likeness (QED) is 0.182. The van der Waals surface area contributed by atoms with Crippen molar-refractivity contribution in [2.75, 3.05) is 13.2 Å². The summed E-state index contributed by atoms with van der Waals surface area (Å²) in [6.45, 7) is 5.62. The number of benzene rings is 2. The Labute approximate surface area is 220 Å². The van der Waals surface area contributed by atoms with Crippen molar-refractivity contribution < 1.29 is 34.0 Å². The lowest BCUT2D eigenvalue weighted by molar-refractivity contribution is -0.170. The summed E-state index contributed by atoms with van der Waals surface area (Å²) >= 11 is 0. The van der Waals surface area contributed by atoms with Crippen LogP contribution in [-0.4, -0.2) is 47.6 Å². The van der Waals surface area contributed by atoms with Crippen molar-refractivity contribution >= 4 is 11.9 Å². The highest BCUT2D eigenvalue weighted by atomic mass is 16.6. The molecule has 2 atom stereocenters. The van der Waals surface area contributed by atoms with Gasteiger partial charge in [0.15, 0.2) is 6.10 Å². The smallest absolute Gasteiger partial charge is 0.345 e. The lowest BCUT2D eigenvalue weighted by Gasteiger charge is -2.17. The molecule has 7 heteroatoms. The maximum atomic E-state index is 12.4. The van der Waals surface area contributed by atoms with Gasteiger partial charge in [0.25, 0.3) is 0 Å². The molecule has 0 saturated heterocycles. The maximum Gasteiger partial charge on any atom is 0.345 e. The molecule has 7 nitrogen and oxygen atoms in total. The van der Waals surface area contributed by atoms with Crippen molar-refractivity contribution in [2.24, 2.45) is 0 Å². The van der Waals surface area contributed by atoms with Gasteiger partial charge in [-0.3, -0.25) is 0 Å². The highest BCUT2D eigenvalue weighted by Crippen LogP contribution is 2.17. The number of esters is 1. The monoisotopic (exact) mass is 514 g/mol. The van der Waals surface area contributed by atoms with Crippen LogP contribution in [0, 0.1) is 0 Å². The van der Waals surface area contributed by atoms with E-state index in [1.807, 2.05) is 0 Å². The minimum absolute atomic E-state index is 0.00509. The molecule has 0 fully saturated rings. The van der Waals surface area contributed by atoms with Gasteiger partial charge in [-0.2, -0.15) is 0 Å². The summed E-state index contributed by atoms with van der Waals surface area (Å²) in [5.74, 6) is -0.781. The Morgan fingerprint density at radius 1 is 0.703 bits per heavy atom. The standard InChI is InChI=1S/C30H42O7/c1-3-5-7-9-19-35-25-15-11-23(12-16-25)21-27(31)30(34)37-28(29(32)33)22-24-13-17-26(18-14-24)36-20-10-8-6-4-2/h11-18,27-28,31H,3-10,19-22H2,1-2H3,(H,32,33). The fourth-order valence-corrected chi connectivity index (χ4v) is 3.80. The number of ether oxygens (including phenoxy) is 3. The van der Waals surface area contributed by atoms with E-state index in [9.17, 15) is 19.8 Å². The van der Waals surface area contributed by atoms with Crippen LogP contribution in [0.5, 0.6) is 11.5 Å². The molecule has 0 spiro atoms. The first kappa shape index (κ1) is 30.2. The van der Waals surface area contributed by atoms with Crippen LogP contribution < -0.4 is 9.47 Å². The van der Waals surface area contributed by atoms with Gasteiger partial charge in [-0.1, -0.05) is 76.6 Å². The number of carboxylic acids is 1. The molecular weight excluding hydrogens is 472 g/mol. The third kappa shape index (κ3) is 12.2. The fourth-order valence-electron chi connectivity index (χ4n) is 3.80. The lowest BCUT2D eigenvalue weighted by Crippen LogP contribution is -2.35. The summed E-state index contributed by atoms with van der Waals surface area (Å²) in [7, 11) is 0. The number of aliphatic hydroxyl groups excluding tert-OH is 1. The highest BCUT2D eigenvalue weighted by Gasteiger charge is 2.27. The molecule has 37 heavy (non-hydrogen) atoms. The summed E-state index contributed by atoms with van der Waals surface area (Å²) in [6.07, 6.45) is 6.14. The lowest BCUT2D eigenvalue weighted by atomic mass is 10.1. The van der Waals surface area contributed by atoms with E-state index in [2.05, 4.69) is 13.8 Å². The van der Waals surface area contributed by atoms with Gasteiger partial charge in [-0.15, -0.1) is 0 Å². The van der Waals surface area contributed by atoms with E-state index in [1.165, 1.54) is 25.7 Å². The van der Waals surface area contributed by atoms with Gasteiger partial charge in [-0.05, 0) is 48.2 Å². The van der Waals surface area contributed by atoms with Crippen molar-refractivity contribution in [1.29, 1.82) is 0 Å². The molecule has 2 unspecified atom stereocenters.